The Kier molecular flexibility index (Phi) is 6.78. The lowest BCUT2D eigenvalue weighted by molar-refractivity contribution is -0.158. The van der Waals surface area contributed by atoms with Crippen LogP contribution in [0.25, 0.3) is 0 Å². The van der Waals surface area contributed by atoms with Crippen molar-refractivity contribution in [3.63, 3.8) is 0 Å². The fourth-order valence-electron chi connectivity index (χ4n) is 1.54. The van der Waals surface area contributed by atoms with E-state index in [1.807, 2.05) is 44.2 Å². The van der Waals surface area contributed by atoms with Crippen LogP contribution in [0.4, 0.5) is 0 Å². The van der Waals surface area contributed by atoms with Crippen molar-refractivity contribution in [1.82, 2.24) is 5.48 Å². The van der Waals surface area contributed by atoms with E-state index in [-0.39, 0.29) is 12.4 Å². The summed E-state index contributed by atoms with van der Waals surface area (Å²) in [6.45, 7) is 4.30. The van der Waals surface area contributed by atoms with Crippen LogP contribution in [-0.2, 0) is 25.8 Å². The standard InChI is InChI=1S/C14H19NO4/c1-3-11(2)13(14(17)18-10-16)15-19-9-12-7-5-4-6-8-12/h4-8,10-11,13,15H,3,9H2,1-2H3/t11-,13-/m0/s1. The van der Waals surface area contributed by atoms with E-state index in [2.05, 4.69) is 10.2 Å². The highest BCUT2D eigenvalue weighted by atomic mass is 16.7. The van der Waals surface area contributed by atoms with Gasteiger partial charge in [0.2, 0.25) is 0 Å². The van der Waals surface area contributed by atoms with Gasteiger partial charge in [0.1, 0.15) is 6.04 Å². The van der Waals surface area contributed by atoms with Crippen LogP contribution < -0.4 is 5.48 Å². The zero-order valence-corrected chi connectivity index (χ0v) is 11.2. The second-order valence-electron chi connectivity index (χ2n) is 4.29. The van der Waals surface area contributed by atoms with Gasteiger partial charge in [-0.2, -0.15) is 5.48 Å². The molecule has 0 aliphatic heterocycles. The minimum atomic E-state index is -0.654. The van der Waals surface area contributed by atoms with Crippen LogP contribution in [0.2, 0.25) is 0 Å². The van der Waals surface area contributed by atoms with Gasteiger partial charge in [-0.1, -0.05) is 50.6 Å². The van der Waals surface area contributed by atoms with E-state index >= 15 is 0 Å². The van der Waals surface area contributed by atoms with Gasteiger partial charge >= 0.3 is 12.4 Å². The number of esters is 1. The summed E-state index contributed by atoms with van der Waals surface area (Å²) in [6, 6.07) is 8.92. The van der Waals surface area contributed by atoms with E-state index in [9.17, 15) is 9.59 Å². The highest BCUT2D eigenvalue weighted by molar-refractivity contribution is 5.81. The number of hydrogen-bond donors (Lipinski definition) is 1. The molecule has 0 aliphatic rings. The van der Waals surface area contributed by atoms with E-state index in [1.54, 1.807) is 0 Å². The fraction of sp³-hybridized carbons (Fsp3) is 0.429. The van der Waals surface area contributed by atoms with E-state index in [0.29, 0.717) is 6.61 Å². The molecule has 104 valence electrons. The Bertz CT molecular complexity index is 394. The van der Waals surface area contributed by atoms with Crippen LogP contribution in [0, 0.1) is 5.92 Å². The zero-order valence-electron chi connectivity index (χ0n) is 11.2. The van der Waals surface area contributed by atoms with E-state index < -0.39 is 12.0 Å². The molecule has 19 heavy (non-hydrogen) atoms. The lowest BCUT2D eigenvalue weighted by Crippen LogP contribution is -2.42. The predicted octanol–water partition coefficient (Wildman–Crippen LogP) is 1.82. The van der Waals surface area contributed by atoms with Gasteiger partial charge < -0.3 is 4.74 Å². The average Bonchev–Trinajstić information content (AvgIpc) is 2.44. The topological polar surface area (TPSA) is 64.6 Å². The first-order valence-electron chi connectivity index (χ1n) is 6.24. The molecule has 1 aromatic rings. The van der Waals surface area contributed by atoms with Crippen molar-refractivity contribution in [2.24, 2.45) is 5.92 Å². The highest BCUT2D eigenvalue weighted by Crippen LogP contribution is 2.10. The number of hydrogen-bond acceptors (Lipinski definition) is 5. The minimum absolute atomic E-state index is 0.00298. The lowest BCUT2D eigenvalue weighted by atomic mass is 10.0. The highest BCUT2D eigenvalue weighted by Gasteiger charge is 2.25. The second kappa shape index (κ2) is 8.39. The van der Waals surface area contributed by atoms with Crippen molar-refractivity contribution in [1.29, 1.82) is 0 Å². The Hall–Kier alpha value is -1.72. The summed E-state index contributed by atoms with van der Waals surface area (Å²) in [5.41, 5.74) is 3.66. The molecule has 0 aromatic heterocycles. The van der Waals surface area contributed by atoms with Crippen molar-refractivity contribution in [2.45, 2.75) is 32.9 Å². The summed E-state index contributed by atoms with van der Waals surface area (Å²) < 4.78 is 4.37. The number of carbonyl (C=O) groups is 2. The molecule has 0 radical (unpaired) electrons. The van der Waals surface area contributed by atoms with E-state index in [0.717, 1.165) is 12.0 Å². The smallest absolute Gasteiger partial charge is 0.333 e. The third-order valence-electron chi connectivity index (χ3n) is 2.92. The Morgan fingerprint density at radius 1 is 1.37 bits per heavy atom. The molecule has 1 rings (SSSR count). The molecule has 5 heteroatoms. The van der Waals surface area contributed by atoms with Crippen molar-refractivity contribution < 1.29 is 19.2 Å². The maximum Gasteiger partial charge on any atom is 0.333 e. The molecule has 0 fully saturated rings. The molecule has 0 spiro atoms. The Morgan fingerprint density at radius 3 is 2.63 bits per heavy atom. The molecule has 0 saturated carbocycles. The molecule has 0 unspecified atom stereocenters. The third-order valence-corrected chi connectivity index (χ3v) is 2.92. The Labute approximate surface area is 112 Å². The summed E-state index contributed by atoms with van der Waals surface area (Å²) in [7, 11) is 0. The van der Waals surface area contributed by atoms with Gasteiger partial charge in [0.25, 0.3) is 0 Å². The molecule has 0 aliphatic carbocycles. The Balaban J connectivity index is 2.49. The summed E-state index contributed by atoms with van der Waals surface area (Å²) in [6.07, 6.45) is 0.764. The monoisotopic (exact) mass is 265 g/mol. The predicted molar refractivity (Wildman–Crippen MR) is 69.8 cm³/mol. The normalized spacial score (nSPS) is 13.6. The molecule has 1 aromatic carbocycles. The third kappa shape index (κ3) is 5.19. The number of benzene rings is 1. The van der Waals surface area contributed by atoms with Gasteiger partial charge in [-0.05, 0) is 11.5 Å². The van der Waals surface area contributed by atoms with Crippen LogP contribution in [-0.4, -0.2) is 18.5 Å². The molecule has 0 saturated heterocycles. The molecule has 0 heterocycles. The zero-order chi connectivity index (χ0) is 14.1. The van der Waals surface area contributed by atoms with Gasteiger partial charge in [0.05, 0.1) is 6.61 Å². The average molecular weight is 265 g/mol. The first-order valence-corrected chi connectivity index (χ1v) is 6.24. The number of hydroxylamine groups is 1. The van der Waals surface area contributed by atoms with E-state index in [1.165, 1.54) is 0 Å². The maximum absolute atomic E-state index is 11.6. The van der Waals surface area contributed by atoms with Crippen molar-refractivity contribution in [3.8, 4) is 0 Å². The van der Waals surface area contributed by atoms with Gasteiger partial charge in [0, 0.05) is 0 Å². The molecule has 1 N–H and O–H groups in total. The minimum Gasteiger partial charge on any atom is -0.394 e. The second-order valence-corrected chi connectivity index (χ2v) is 4.29. The summed E-state index contributed by atoms with van der Waals surface area (Å²) >= 11 is 0. The molecular formula is C14H19NO4. The van der Waals surface area contributed by atoms with Gasteiger partial charge in [-0.3, -0.25) is 9.63 Å². The first kappa shape index (κ1) is 15.3. The van der Waals surface area contributed by atoms with Crippen LogP contribution in [0.1, 0.15) is 25.8 Å². The van der Waals surface area contributed by atoms with Crippen molar-refractivity contribution in [3.05, 3.63) is 35.9 Å². The largest absolute Gasteiger partial charge is 0.394 e. The summed E-state index contributed by atoms with van der Waals surface area (Å²) in [5.74, 6) is -0.624. The number of carbonyl (C=O) groups excluding carboxylic acids is 2. The fourth-order valence-corrected chi connectivity index (χ4v) is 1.54. The molecule has 0 amide bonds. The van der Waals surface area contributed by atoms with Crippen LogP contribution in [0.15, 0.2) is 30.3 Å². The lowest BCUT2D eigenvalue weighted by Gasteiger charge is -2.20. The van der Waals surface area contributed by atoms with Crippen LogP contribution >= 0.6 is 0 Å². The molecule has 0 bridgehead atoms. The number of nitrogens with one attached hydrogen (secondary N) is 1. The number of ether oxygens (including phenoxy) is 1. The van der Waals surface area contributed by atoms with Crippen molar-refractivity contribution in [2.75, 3.05) is 0 Å². The van der Waals surface area contributed by atoms with Gasteiger partial charge in [-0.25, -0.2) is 4.79 Å². The quantitative estimate of drug-likeness (QED) is 0.336. The van der Waals surface area contributed by atoms with Gasteiger partial charge in [-0.15, -0.1) is 0 Å². The summed E-state index contributed by atoms with van der Waals surface area (Å²) in [4.78, 5) is 27.1. The molecule has 2 atom stereocenters. The molecular weight excluding hydrogens is 246 g/mol. The van der Waals surface area contributed by atoms with Crippen LogP contribution in [0.3, 0.4) is 0 Å². The number of rotatable bonds is 8. The van der Waals surface area contributed by atoms with Crippen LogP contribution in [0.5, 0.6) is 0 Å². The Morgan fingerprint density at radius 2 is 2.05 bits per heavy atom. The van der Waals surface area contributed by atoms with Crippen molar-refractivity contribution >= 4 is 12.4 Å². The van der Waals surface area contributed by atoms with E-state index in [4.69, 9.17) is 4.84 Å². The maximum atomic E-state index is 11.6. The molecule has 5 nitrogen and oxygen atoms in total. The first-order chi connectivity index (χ1) is 9.19. The SMILES string of the molecule is CC[C@H](C)[C@H](NOCc1ccccc1)C(=O)OC=O. The summed E-state index contributed by atoms with van der Waals surface area (Å²) in [5, 5.41) is 0. The van der Waals surface area contributed by atoms with Gasteiger partial charge in [0.15, 0.2) is 0 Å².